The lowest BCUT2D eigenvalue weighted by Gasteiger charge is -2.32. The van der Waals surface area contributed by atoms with E-state index in [0.29, 0.717) is 19.8 Å². The van der Waals surface area contributed by atoms with E-state index >= 15 is 0 Å². The minimum atomic E-state index is -0.933. The van der Waals surface area contributed by atoms with Crippen molar-refractivity contribution in [2.75, 3.05) is 32.8 Å². The molecular formula is C8H17N3O2. The highest BCUT2D eigenvalue weighted by molar-refractivity contribution is 5.84. The molecule has 1 fully saturated rings. The normalized spacial score (nSPS) is 23.8. The fourth-order valence-electron chi connectivity index (χ4n) is 1.30. The molecule has 0 aromatic heterocycles. The first-order chi connectivity index (χ1) is 6.02. The molecule has 4 N–H and O–H groups in total. The van der Waals surface area contributed by atoms with E-state index in [2.05, 4.69) is 4.90 Å². The van der Waals surface area contributed by atoms with Crippen LogP contribution < -0.4 is 11.5 Å². The smallest absolute Gasteiger partial charge is 0.238 e. The zero-order valence-electron chi connectivity index (χ0n) is 7.95. The monoisotopic (exact) mass is 187 g/mol. The van der Waals surface area contributed by atoms with Crippen molar-refractivity contribution in [3.63, 3.8) is 0 Å². The van der Waals surface area contributed by atoms with Gasteiger partial charge in [0, 0.05) is 19.6 Å². The maximum Gasteiger partial charge on any atom is 0.238 e. The fourth-order valence-corrected chi connectivity index (χ4v) is 1.30. The van der Waals surface area contributed by atoms with Crippen molar-refractivity contribution in [3.8, 4) is 0 Å². The Morgan fingerprint density at radius 2 is 2.08 bits per heavy atom. The molecule has 13 heavy (non-hydrogen) atoms. The number of primary amides is 1. The quantitative estimate of drug-likeness (QED) is 0.564. The Morgan fingerprint density at radius 3 is 2.54 bits per heavy atom. The summed E-state index contributed by atoms with van der Waals surface area (Å²) in [6.45, 7) is 5.21. The first kappa shape index (κ1) is 10.4. The lowest BCUT2D eigenvalue weighted by molar-refractivity contribution is -0.123. The Balaban J connectivity index is 2.41. The number of carbonyl (C=O) groups is 1. The van der Waals surface area contributed by atoms with Crippen molar-refractivity contribution < 1.29 is 9.53 Å². The molecule has 0 bridgehead atoms. The van der Waals surface area contributed by atoms with E-state index in [1.165, 1.54) is 0 Å². The number of amides is 1. The van der Waals surface area contributed by atoms with Gasteiger partial charge in [0.2, 0.25) is 5.91 Å². The maximum absolute atomic E-state index is 10.9. The van der Waals surface area contributed by atoms with Gasteiger partial charge in [-0.3, -0.25) is 9.69 Å². The number of morpholine rings is 1. The van der Waals surface area contributed by atoms with Crippen LogP contribution in [0.5, 0.6) is 0 Å². The number of carbonyl (C=O) groups excluding carboxylic acids is 1. The second-order valence-electron chi connectivity index (χ2n) is 3.67. The molecule has 0 aromatic rings. The summed E-state index contributed by atoms with van der Waals surface area (Å²) < 4.78 is 5.18. The topological polar surface area (TPSA) is 81.6 Å². The van der Waals surface area contributed by atoms with Gasteiger partial charge in [-0.2, -0.15) is 0 Å². The summed E-state index contributed by atoms with van der Waals surface area (Å²) in [5, 5.41) is 0. The first-order valence-electron chi connectivity index (χ1n) is 4.41. The Morgan fingerprint density at radius 1 is 1.54 bits per heavy atom. The zero-order chi connectivity index (χ0) is 9.90. The first-order valence-corrected chi connectivity index (χ1v) is 4.41. The largest absolute Gasteiger partial charge is 0.379 e. The molecule has 5 heteroatoms. The molecule has 0 spiro atoms. The van der Waals surface area contributed by atoms with E-state index in [4.69, 9.17) is 16.2 Å². The van der Waals surface area contributed by atoms with E-state index in [9.17, 15) is 4.79 Å². The number of hydrogen-bond acceptors (Lipinski definition) is 4. The highest BCUT2D eigenvalue weighted by Crippen LogP contribution is 2.04. The summed E-state index contributed by atoms with van der Waals surface area (Å²) in [7, 11) is 0. The lowest BCUT2D eigenvalue weighted by atomic mass is 10.0. The van der Waals surface area contributed by atoms with Gasteiger partial charge in [-0.1, -0.05) is 0 Å². The van der Waals surface area contributed by atoms with E-state index < -0.39 is 11.4 Å². The number of ether oxygens (including phenoxy) is 1. The molecule has 0 aromatic carbocycles. The summed E-state index contributed by atoms with van der Waals surface area (Å²) in [4.78, 5) is 13.0. The molecular weight excluding hydrogens is 170 g/mol. The fraction of sp³-hybridized carbons (Fsp3) is 0.875. The van der Waals surface area contributed by atoms with Gasteiger partial charge in [0.1, 0.15) is 5.54 Å². The van der Waals surface area contributed by atoms with E-state index in [1.54, 1.807) is 6.92 Å². The highest BCUT2D eigenvalue weighted by atomic mass is 16.5. The summed E-state index contributed by atoms with van der Waals surface area (Å²) in [6.07, 6.45) is 0. The van der Waals surface area contributed by atoms with Crippen LogP contribution in [0, 0.1) is 0 Å². The molecule has 1 saturated heterocycles. The van der Waals surface area contributed by atoms with Gasteiger partial charge in [-0.25, -0.2) is 0 Å². The summed E-state index contributed by atoms with van der Waals surface area (Å²) in [5.41, 5.74) is 9.97. The third-order valence-corrected chi connectivity index (χ3v) is 2.22. The van der Waals surface area contributed by atoms with Gasteiger partial charge < -0.3 is 16.2 Å². The van der Waals surface area contributed by atoms with Crippen molar-refractivity contribution in [1.29, 1.82) is 0 Å². The van der Waals surface area contributed by atoms with Crippen LogP contribution in [-0.2, 0) is 9.53 Å². The Hall–Kier alpha value is -0.650. The van der Waals surface area contributed by atoms with Crippen molar-refractivity contribution in [2.45, 2.75) is 12.5 Å². The summed E-state index contributed by atoms with van der Waals surface area (Å²) in [5.74, 6) is -0.459. The number of rotatable bonds is 3. The molecule has 5 nitrogen and oxygen atoms in total. The van der Waals surface area contributed by atoms with Gasteiger partial charge in [0.25, 0.3) is 0 Å². The van der Waals surface area contributed by atoms with E-state index in [0.717, 1.165) is 13.1 Å². The minimum absolute atomic E-state index is 0.459. The van der Waals surface area contributed by atoms with Gasteiger partial charge in [0.05, 0.1) is 13.2 Å². The van der Waals surface area contributed by atoms with Gasteiger partial charge in [-0.15, -0.1) is 0 Å². The number of nitrogens with two attached hydrogens (primary N) is 2. The van der Waals surface area contributed by atoms with Crippen LogP contribution in [0.1, 0.15) is 6.92 Å². The maximum atomic E-state index is 10.9. The summed E-state index contributed by atoms with van der Waals surface area (Å²) in [6, 6.07) is 0. The number of nitrogens with zero attached hydrogens (tertiary/aromatic N) is 1. The average Bonchev–Trinajstić information content (AvgIpc) is 2.05. The van der Waals surface area contributed by atoms with Gasteiger partial charge in [0.15, 0.2) is 0 Å². The molecule has 0 aliphatic carbocycles. The van der Waals surface area contributed by atoms with Gasteiger partial charge in [-0.05, 0) is 6.92 Å². The Labute approximate surface area is 78.0 Å². The minimum Gasteiger partial charge on any atom is -0.379 e. The van der Waals surface area contributed by atoms with Crippen molar-refractivity contribution in [3.05, 3.63) is 0 Å². The molecule has 1 aliphatic rings. The zero-order valence-corrected chi connectivity index (χ0v) is 7.95. The van der Waals surface area contributed by atoms with Crippen LogP contribution in [0.25, 0.3) is 0 Å². The Kier molecular flexibility index (Phi) is 3.24. The van der Waals surface area contributed by atoms with Crippen LogP contribution in [-0.4, -0.2) is 49.2 Å². The average molecular weight is 187 g/mol. The van der Waals surface area contributed by atoms with E-state index in [1.807, 2.05) is 0 Å². The van der Waals surface area contributed by atoms with Crippen LogP contribution >= 0.6 is 0 Å². The summed E-state index contributed by atoms with van der Waals surface area (Å²) >= 11 is 0. The molecule has 1 aliphatic heterocycles. The number of hydrogen-bond donors (Lipinski definition) is 2. The van der Waals surface area contributed by atoms with Crippen molar-refractivity contribution in [1.82, 2.24) is 4.90 Å². The van der Waals surface area contributed by atoms with Gasteiger partial charge >= 0.3 is 0 Å². The molecule has 1 heterocycles. The molecule has 0 radical (unpaired) electrons. The van der Waals surface area contributed by atoms with Crippen LogP contribution in [0.2, 0.25) is 0 Å². The van der Waals surface area contributed by atoms with Crippen LogP contribution in [0.3, 0.4) is 0 Å². The second-order valence-corrected chi connectivity index (χ2v) is 3.67. The standard InChI is InChI=1S/C8H17N3O2/c1-8(10,7(9)12)6-11-2-4-13-5-3-11/h2-6,10H2,1H3,(H2,9,12). The van der Waals surface area contributed by atoms with Crippen LogP contribution in [0.4, 0.5) is 0 Å². The molecule has 76 valence electrons. The predicted octanol–water partition coefficient (Wildman–Crippen LogP) is -1.48. The highest BCUT2D eigenvalue weighted by Gasteiger charge is 2.28. The SMILES string of the molecule is CC(N)(CN1CCOCC1)C(N)=O. The molecule has 1 unspecified atom stereocenters. The predicted molar refractivity (Wildman–Crippen MR) is 49.0 cm³/mol. The van der Waals surface area contributed by atoms with Crippen molar-refractivity contribution in [2.24, 2.45) is 11.5 Å². The second kappa shape index (κ2) is 4.04. The molecule has 1 amide bonds. The third-order valence-electron chi connectivity index (χ3n) is 2.22. The van der Waals surface area contributed by atoms with E-state index in [-0.39, 0.29) is 0 Å². The van der Waals surface area contributed by atoms with Crippen LogP contribution in [0.15, 0.2) is 0 Å². The molecule has 1 atom stereocenters. The Bertz CT molecular complexity index is 188. The molecule has 0 saturated carbocycles. The lowest BCUT2D eigenvalue weighted by Crippen LogP contribution is -2.58. The third kappa shape index (κ3) is 2.95. The van der Waals surface area contributed by atoms with Crippen molar-refractivity contribution >= 4 is 5.91 Å². The molecule has 1 rings (SSSR count).